The van der Waals surface area contributed by atoms with Gasteiger partial charge in [-0.2, -0.15) is 5.26 Å². The lowest BCUT2D eigenvalue weighted by molar-refractivity contribution is -0.151. The zero-order valence-electron chi connectivity index (χ0n) is 21.9. The number of hydrogen-bond acceptors (Lipinski definition) is 8. The van der Waals surface area contributed by atoms with Gasteiger partial charge in [-0.15, -0.1) is 11.3 Å². The van der Waals surface area contributed by atoms with Gasteiger partial charge >= 0.3 is 5.97 Å². The first kappa shape index (κ1) is 27.0. The summed E-state index contributed by atoms with van der Waals surface area (Å²) in [7, 11) is 3.18. The minimum absolute atomic E-state index is 0.00641. The van der Waals surface area contributed by atoms with Gasteiger partial charge in [0.25, 0.3) is 0 Å². The number of methoxy groups -OCH3 is 2. The van der Waals surface area contributed by atoms with E-state index in [-0.39, 0.29) is 12.1 Å². The molecule has 0 bridgehead atoms. The molecule has 0 atom stereocenters. The fourth-order valence-corrected chi connectivity index (χ4v) is 5.99. The molecule has 0 aliphatic carbocycles. The Hall–Kier alpha value is -3.02. The summed E-state index contributed by atoms with van der Waals surface area (Å²) in [6.45, 7) is 4.13. The van der Waals surface area contributed by atoms with Crippen LogP contribution in [0.5, 0.6) is 11.5 Å². The zero-order chi connectivity index (χ0) is 26.0. The van der Waals surface area contributed by atoms with Crippen LogP contribution in [0.4, 0.5) is 5.00 Å². The molecule has 0 spiro atoms. The number of nitrogens with zero attached hydrogens (tertiary/aromatic N) is 3. The van der Waals surface area contributed by atoms with E-state index in [9.17, 15) is 10.1 Å². The zero-order valence-corrected chi connectivity index (χ0v) is 22.7. The van der Waals surface area contributed by atoms with Crippen LogP contribution in [-0.4, -0.2) is 63.9 Å². The first-order valence-corrected chi connectivity index (χ1v) is 14.0. The van der Waals surface area contributed by atoms with Crippen LogP contribution in [0, 0.1) is 11.3 Å². The minimum atomic E-state index is -0.0817. The maximum atomic E-state index is 12.5. The van der Waals surface area contributed by atoms with Crippen molar-refractivity contribution >= 4 is 34.0 Å². The van der Waals surface area contributed by atoms with E-state index >= 15 is 0 Å². The van der Waals surface area contributed by atoms with Crippen molar-refractivity contribution in [3.8, 4) is 17.6 Å². The number of carbonyl (C=O) groups is 1. The van der Waals surface area contributed by atoms with Crippen molar-refractivity contribution < 1.29 is 19.0 Å². The van der Waals surface area contributed by atoms with Gasteiger partial charge in [0.15, 0.2) is 11.5 Å². The van der Waals surface area contributed by atoms with Crippen LogP contribution in [0.1, 0.15) is 55.4 Å². The topological polar surface area (TPSA) is 75.0 Å². The number of hydrogen-bond donors (Lipinski definition) is 0. The Labute approximate surface area is 224 Å². The quantitative estimate of drug-likeness (QED) is 0.329. The van der Waals surface area contributed by atoms with E-state index in [4.69, 9.17) is 14.2 Å². The average Bonchev–Trinajstić information content (AvgIpc) is 3.37. The summed E-state index contributed by atoms with van der Waals surface area (Å²) >= 11 is 1.67. The number of carbonyl (C=O) groups excluding carboxylic acids is 1. The van der Waals surface area contributed by atoms with Crippen molar-refractivity contribution in [3.05, 3.63) is 40.8 Å². The standard InChI is InChI=1S/C29H37N3O4S/c1-34-26-10-8-22(19-27(26)35-2)23(20-30)18-25-9-11-28(37-25)32-16-12-24(13-17-32)36-29(33)21-31-14-6-4-3-5-7-15-31/h8-11,18-19,24H,3-7,12-17,21H2,1-2H3. The number of nitriles is 1. The summed E-state index contributed by atoms with van der Waals surface area (Å²) in [5.41, 5.74) is 1.36. The number of esters is 1. The Morgan fingerprint density at radius 3 is 2.38 bits per heavy atom. The molecule has 0 unspecified atom stereocenters. The van der Waals surface area contributed by atoms with Crippen molar-refractivity contribution in [2.24, 2.45) is 0 Å². The molecule has 2 aromatic rings. The van der Waals surface area contributed by atoms with Gasteiger partial charge in [0.2, 0.25) is 0 Å². The highest BCUT2D eigenvalue weighted by Crippen LogP contribution is 2.34. The van der Waals surface area contributed by atoms with Gasteiger partial charge in [-0.3, -0.25) is 9.69 Å². The molecule has 37 heavy (non-hydrogen) atoms. The van der Waals surface area contributed by atoms with Gasteiger partial charge in [0.1, 0.15) is 6.10 Å². The molecule has 2 aliphatic heterocycles. The lowest BCUT2D eigenvalue weighted by atomic mass is 10.1. The highest BCUT2D eigenvalue weighted by molar-refractivity contribution is 7.17. The van der Waals surface area contributed by atoms with E-state index in [2.05, 4.69) is 21.9 Å². The Bertz CT molecular complexity index is 1110. The van der Waals surface area contributed by atoms with Gasteiger partial charge in [0, 0.05) is 30.8 Å². The number of allylic oxidation sites excluding steroid dienone is 1. The third kappa shape index (κ3) is 7.50. The molecule has 3 heterocycles. The monoisotopic (exact) mass is 523 g/mol. The molecular weight excluding hydrogens is 486 g/mol. The summed E-state index contributed by atoms with van der Waals surface area (Å²) in [5.74, 6) is 1.15. The summed E-state index contributed by atoms with van der Waals surface area (Å²) in [5, 5.41) is 10.9. The second-order valence-corrected chi connectivity index (χ2v) is 10.7. The Kier molecular flexibility index (Phi) is 9.86. The molecular formula is C29H37N3O4S. The first-order valence-electron chi connectivity index (χ1n) is 13.2. The second kappa shape index (κ2) is 13.5. The van der Waals surface area contributed by atoms with Crippen molar-refractivity contribution in [1.29, 1.82) is 5.26 Å². The molecule has 0 N–H and O–H groups in total. The Morgan fingerprint density at radius 2 is 1.70 bits per heavy atom. The largest absolute Gasteiger partial charge is 0.493 e. The third-order valence-corrected chi connectivity index (χ3v) is 8.16. The van der Waals surface area contributed by atoms with Gasteiger partial charge < -0.3 is 19.1 Å². The number of ether oxygens (including phenoxy) is 3. The summed E-state index contributed by atoms with van der Waals surface area (Å²) in [6, 6.07) is 12.0. The average molecular weight is 524 g/mol. The van der Waals surface area contributed by atoms with E-state index in [1.54, 1.807) is 25.6 Å². The van der Waals surface area contributed by atoms with E-state index < -0.39 is 0 Å². The maximum absolute atomic E-state index is 12.5. The molecule has 2 fully saturated rings. The van der Waals surface area contributed by atoms with E-state index in [0.717, 1.165) is 49.5 Å². The molecule has 7 nitrogen and oxygen atoms in total. The van der Waals surface area contributed by atoms with Crippen LogP contribution in [-0.2, 0) is 9.53 Å². The smallest absolute Gasteiger partial charge is 0.320 e. The van der Waals surface area contributed by atoms with Gasteiger partial charge in [0.05, 0.1) is 37.4 Å². The molecule has 1 aromatic carbocycles. The van der Waals surface area contributed by atoms with Crippen LogP contribution in [0.3, 0.4) is 0 Å². The predicted molar refractivity (Wildman–Crippen MR) is 148 cm³/mol. The number of piperidine rings is 1. The SMILES string of the molecule is COc1ccc(C(C#N)=Cc2ccc(N3CCC(OC(=O)CN4CCCCCCC4)CC3)s2)cc1OC. The van der Waals surface area contributed by atoms with Gasteiger partial charge in [-0.25, -0.2) is 0 Å². The first-order chi connectivity index (χ1) is 18.1. The summed E-state index contributed by atoms with van der Waals surface area (Å²) in [6.07, 6.45) is 9.77. The van der Waals surface area contributed by atoms with Gasteiger partial charge in [-0.1, -0.05) is 19.3 Å². The molecule has 8 heteroatoms. The van der Waals surface area contributed by atoms with Crippen molar-refractivity contribution in [2.75, 3.05) is 51.8 Å². The number of likely N-dealkylation sites (tertiary alicyclic amines) is 1. The maximum Gasteiger partial charge on any atom is 0.320 e. The van der Waals surface area contributed by atoms with E-state index in [1.807, 2.05) is 30.3 Å². The van der Waals surface area contributed by atoms with Crippen LogP contribution in [0.2, 0.25) is 0 Å². The lowest BCUT2D eigenvalue weighted by Gasteiger charge is -2.32. The summed E-state index contributed by atoms with van der Waals surface area (Å²) < 4.78 is 16.5. The number of benzene rings is 1. The summed E-state index contributed by atoms with van der Waals surface area (Å²) in [4.78, 5) is 18.1. The Balaban J connectivity index is 1.30. The second-order valence-electron chi connectivity index (χ2n) is 9.64. The fraction of sp³-hybridized carbons (Fsp3) is 0.517. The van der Waals surface area contributed by atoms with Gasteiger partial charge in [-0.05, 0) is 67.9 Å². The van der Waals surface area contributed by atoms with E-state index in [0.29, 0.717) is 23.6 Å². The molecule has 2 saturated heterocycles. The molecule has 4 rings (SSSR count). The number of thiophene rings is 1. The molecule has 198 valence electrons. The van der Waals surface area contributed by atoms with Crippen LogP contribution in [0.25, 0.3) is 11.6 Å². The number of rotatable bonds is 8. The van der Waals surface area contributed by atoms with Crippen LogP contribution < -0.4 is 14.4 Å². The van der Waals surface area contributed by atoms with Crippen molar-refractivity contribution in [2.45, 2.75) is 51.0 Å². The normalized spacial score (nSPS) is 18.0. The predicted octanol–water partition coefficient (Wildman–Crippen LogP) is 5.61. The highest BCUT2D eigenvalue weighted by Gasteiger charge is 2.24. The fourth-order valence-electron chi connectivity index (χ4n) is 4.99. The van der Waals surface area contributed by atoms with E-state index in [1.165, 1.54) is 37.1 Å². The minimum Gasteiger partial charge on any atom is -0.493 e. The molecule has 0 amide bonds. The van der Waals surface area contributed by atoms with Crippen molar-refractivity contribution in [1.82, 2.24) is 4.90 Å². The highest BCUT2D eigenvalue weighted by atomic mass is 32.1. The van der Waals surface area contributed by atoms with Crippen LogP contribution >= 0.6 is 11.3 Å². The molecule has 0 saturated carbocycles. The molecule has 1 aromatic heterocycles. The third-order valence-electron chi connectivity index (χ3n) is 7.07. The molecule has 0 radical (unpaired) electrons. The molecule has 2 aliphatic rings. The van der Waals surface area contributed by atoms with Crippen molar-refractivity contribution in [3.63, 3.8) is 0 Å². The van der Waals surface area contributed by atoms with Crippen LogP contribution in [0.15, 0.2) is 30.3 Å². The number of anilines is 1. The Morgan fingerprint density at radius 1 is 1.00 bits per heavy atom. The lowest BCUT2D eigenvalue weighted by Crippen LogP contribution is -2.40.